The average Bonchev–Trinajstić information content (AvgIpc) is 3.48. The summed E-state index contributed by atoms with van der Waals surface area (Å²) in [6.45, 7) is 7.22. The van der Waals surface area contributed by atoms with Gasteiger partial charge in [-0.25, -0.2) is 27.8 Å². The first-order chi connectivity index (χ1) is 22.8. The van der Waals surface area contributed by atoms with Gasteiger partial charge in [-0.1, -0.05) is 19.1 Å². The third kappa shape index (κ3) is 7.72. The molecule has 0 spiro atoms. The smallest absolute Gasteiger partial charge is 0.213 e. The quantitative estimate of drug-likeness (QED) is 0.217. The van der Waals surface area contributed by atoms with Crippen molar-refractivity contribution in [3.63, 3.8) is 0 Å². The monoisotopic (exact) mass is 686 g/mol. The molecule has 258 valence electrons. The lowest BCUT2D eigenvalue weighted by atomic mass is 10.1. The van der Waals surface area contributed by atoms with Crippen molar-refractivity contribution in [1.29, 1.82) is 0 Å². The first kappa shape index (κ1) is 35.1. The number of aliphatic hydroxyl groups is 1. The van der Waals surface area contributed by atoms with Crippen LogP contribution in [0.2, 0.25) is 0 Å². The molecule has 0 saturated carbocycles. The summed E-state index contributed by atoms with van der Waals surface area (Å²) in [4.78, 5) is 13.0. The minimum absolute atomic E-state index is 0.0171. The van der Waals surface area contributed by atoms with Gasteiger partial charge in [0.15, 0.2) is 27.3 Å². The summed E-state index contributed by atoms with van der Waals surface area (Å²) < 4.78 is 72.4. The number of hydrogen-bond donors (Lipinski definition) is 1. The standard InChI is InChI=1S/C32H39FN6O8S/c1-19(30-34-15-21(33)28(36-30)25-16-45-13-14-46-25)20(2)48(41,42)17-26-37-38-31(22-9-7-12-27(35-22)47-18-32(3,4)40)39(26)29-23(43-5)10-8-11-24(29)44-6/h7-12,15,19-20,25,40H,13-14,16-18H2,1-6H3/t19-,20-,25-/m0/s1. The summed E-state index contributed by atoms with van der Waals surface area (Å²) in [5.74, 6) is -0.585. The number of aromatic nitrogens is 6. The predicted octanol–water partition coefficient (Wildman–Crippen LogP) is 3.62. The van der Waals surface area contributed by atoms with Crippen molar-refractivity contribution in [2.75, 3.05) is 40.6 Å². The molecule has 0 amide bonds. The van der Waals surface area contributed by atoms with Gasteiger partial charge in [0, 0.05) is 12.0 Å². The van der Waals surface area contributed by atoms with Gasteiger partial charge in [0.25, 0.3) is 0 Å². The lowest BCUT2D eigenvalue weighted by molar-refractivity contribution is -0.0931. The van der Waals surface area contributed by atoms with Crippen molar-refractivity contribution < 1.29 is 41.6 Å². The topological polar surface area (TPSA) is 170 Å². The van der Waals surface area contributed by atoms with Crippen LogP contribution in [0, 0.1) is 5.82 Å². The molecular weight excluding hydrogens is 647 g/mol. The van der Waals surface area contributed by atoms with Crippen molar-refractivity contribution in [1.82, 2.24) is 29.7 Å². The Labute approximate surface area is 278 Å². The molecule has 1 aliphatic heterocycles. The van der Waals surface area contributed by atoms with Crippen LogP contribution in [-0.2, 0) is 25.1 Å². The minimum Gasteiger partial charge on any atom is -0.494 e. The van der Waals surface area contributed by atoms with Crippen LogP contribution in [0.15, 0.2) is 42.6 Å². The number of hydrogen-bond acceptors (Lipinski definition) is 13. The van der Waals surface area contributed by atoms with Crippen molar-refractivity contribution in [2.45, 2.75) is 56.3 Å². The van der Waals surface area contributed by atoms with E-state index in [1.54, 1.807) is 64.1 Å². The van der Waals surface area contributed by atoms with E-state index in [0.717, 1.165) is 6.20 Å². The van der Waals surface area contributed by atoms with Crippen LogP contribution in [0.1, 0.15) is 57.1 Å². The van der Waals surface area contributed by atoms with Crippen LogP contribution >= 0.6 is 0 Å². The highest BCUT2D eigenvalue weighted by Gasteiger charge is 2.34. The van der Waals surface area contributed by atoms with E-state index < -0.39 is 44.3 Å². The Balaban J connectivity index is 1.53. The van der Waals surface area contributed by atoms with E-state index in [-0.39, 0.29) is 48.9 Å². The van der Waals surface area contributed by atoms with Crippen LogP contribution in [-0.4, -0.2) is 94.7 Å². The molecule has 0 unspecified atom stereocenters. The fraction of sp³-hybridized carbons (Fsp3) is 0.469. The highest BCUT2D eigenvalue weighted by atomic mass is 32.2. The zero-order valence-corrected chi connectivity index (χ0v) is 28.4. The molecular formula is C32H39FN6O8S. The Hall–Kier alpha value is -4.25. The molecule has 3 aromatic heterocycles. The van der Waals surface area contributed by atoms with Crippen molar-refractivity contribution >= 4 is 9.84 Å². The molecule has 0 bridgehead atoms. The first-order valence-corrected chi connectivity index (χ1v) is 17.0. The Morgan fingerprint density at radius 1 is 1.06 bits per heavy atom. The highest BCUT2D eigenvalue weighted by Crippen LogP contribution is 2.37. The molecule has 5 rings (SSSR count). The zero-order valence-electron chi connectivity index (χ0n) is 27.6. The number of ether oxygens (including phenoxy) is 5. The number of methoxy groups -OCH3 is 2. The SMILES string of the molecule is COc1cccc(OC)c1-n1c(CS(=O)(=O)[C@@H](C)[C@H](C)c2ncc(F)c([C@@H]3COCCO3)n2)nnc1-c1cccc(OCC(C)(C)O)n1. The van der Waals surface area contributed by atoms with Gasteiger partial charge in [-0.2, -0.15) is 0 Å². The van der Waals surface area contributed by atoms with Crippen molar-refractivity contribution in [3.05, 3.63) is 65.8 Å². The van der Waals surface area contributed by atoms with Gasteiger partial charge in [-0.3, -0.25) is 4.57 Å². The molecule has 14 nitrogen and oxygen atoms in total. The summed E-state index contributed by atoms with van der Waals surface area (Å²) in [6, 6.07) is 10.1. The molecule has 1 saturated heterocycles. The first-order valence-electron chi connectivity index (χ1n) is 15.2. The van der Waals surface area contributed by atoms with Gasteiger partial charge < -0.3 is 28.8 Å². The minimum atomic E-state index is -3.99. The van der Waals surface area contributed by atoms with E-state index in [9.17, 15) is 17.9 Å². The lowest BCUT2D eigenvalue weighted by Crippen LogP contribution is -2.29. The number of benzene rings is 1. The Morgan fingerprint density at radius 3 is 2.42 bits per heavy atom. The largest absolute Gasteiger partial charge is 0.494 e. The molecule has 4 aromatic rings. The molecule has 1 fully saturated rings. The zero-order chi connectivity index (χ0) is 34.6. The predicted molar refractivity (Wildman–Crippen MR) is 171 cm³/mol. The maximum Gasteiger partial charge on any atom is 0.213 e. The number of para-hydroxylation sites is 1. The number of pyridine rings is 1. The maximum absolute atomic E-state index is 14.7. The second-order valence-corrected chi connectivity index (χ2v) is 14.3. The van der Waals surface area contributed by atoms with Crippen molar-refractivity contribution in [3.8, 4) is 34.6 Å². The molecule has 4 heterocycles. The van der Waals surface area contributed by atoms with E-state index in [1.807, 2.05) is 0 Å². The van der Waals surface area contributed by atoms with Gasteiger partial charge in [-0.15, -0.1) is 10.2 Å². The molecule has 16 heteroatoms. The van der Waals surface area contributed by atoms with Crippen LogP contribution in [0.4, 0.5) is 4.39 Å². The lowest BCUT2D eigenvalue weighted by Gasteiger charge is -2.24. The Morgan fingerprint density at radius 2 is 1.77 bits per heavy atom. The van der Waals surface area contributed by atoms with E-state index in [1.165, 1.54) is 18.8 Å². The van der Waals surface area contributed by atoms with Gasteiger partial charge in [0.1, 0.15) is 52.9 Å². The van der Waals surface area contributed by atoms with Crippen molar-refractivity contribution in [2.24, 2.45) is 0 Å². The molecule has 48 heavy (non-hydrogen) atoms. The van der Waals surface area contributed by atoms with E-state index >= 15 is 0 Å². The summed E-state index contributed by atoms with van der Waals surface area (Å²) in [7, 11) is -1.03. The third-order valence-corrected chi connectivity index (χ3v) is 10.0. The van der Waals surface area contributed by atoms with E-state index in [0.29, 0.717) is 29.5 Å². The van der Waals surface area contributed by atoms with Crippen LogP contribution in [0.3, 0.4) is 0 Å². The molecule has 1 N–H and O–H groups in total. The van der Waals surface area contributed by atoms with Gasteiger partial charge in [-0.05, 0) is 39.0 Å². The number of nitrogens with zero attached hydrogens (tertiary/aromatic N) is 6. The van der Waals surface area contributed by atoms with E-state index in [2.05, 4.69) is 25.1 Å². The number of sulfone groups is 1. The molecule has 1 aliphatic rings. The summed E-state index contributed by atoms with van der Waals surface area (Å²) >= 11 is 0. The third-order valence-electron chi connectivity index (χ3n) is 7.80. The fourth-order valence-electron chi connectivity index (χ4n) is 5.05. The Bertz CT molecular complexity index is 1820. The summed E-state index contributed by atoms with van der Waals surface area (Å²) in [5.41, 5.74) is -0.407. The molecule has 0 aliphatic carbocycles. The second kappa shape index (κ2) is 14.5. The molecule has 3 atom stereocenters. The molecule has 1 aromatic carbocycles. The maximum atomic E-state index is 14.7. The van der Waals surface area contributed by atoms with Gasteiger partial charge in [0.2, 0.25) is 5.88 Å². The molecule has 0 radical (unpaired) electrons. The number of rotatable bonds is 13. The summed E-state index contributed by atoms with van der Waals surface area (Å²) in [5, 5.41) is 17.8. The van der Waals surface area contributed by atoms with Crippen LogP contribution in [0.5, 0.6) is 17.4 Å². The second-order valence-electron chi connectivity index (χ2n) is 11.9. The fourth-order valence-corrected chi connectivity index (χ4v) is 6.60. The highest BCUT2D eigenvalue weighted by molar-refractivity contribution is 7.91. The van der Waals surface area contributed by atoms with Gasteiger partial charge in [0.05, 0.1) is 51.1 Å². The van der Waals surface area contributed by atoms with E-state index in [4.69, 9.17) is 23.7 Å². The average molecular weight is 687 g/mol. The van der Waals surface area contributed by atoms with Gasteiger partial charge >= 0.3 is 0 Å². The summed E-state index contributed by atoms with van der Waals surface area (Å²) in [6.07, 6.45) is 0.300. The normalized spacial score (nSPS) is 16.7. The number of halogens is 1. The van der Waals surface area contributed by atoms with Crippen LogP contribution < -0.4 is 14.2 Å². The Kier molecular flexibility index (Phi) is 10.6. The van der Waals surface area contributed by atoms with Crippen LogP contribution in [0.25, 0.3) is 17.2 Å².